The number of nitrogens with one attached hydrogen (secondary N) is 2. The molecule has 4 N–H and O–H groups in total. The van der Waals surface area contributed by atoms with E-state index in [4.69, 9.17) is 5.84 Å². The zero-order valence-corrected chi connectivity index (χ0v) is 13.3. The zero-order chi connectivity index (χ0) is 15.6. The summed E-state index contributed by atoms with van der Waals surface area (Å²) in [4.78, 5) is 7.12. The largest absolute Gasteiger partial charge is 0.433 e. The maximum atomic E-state index is 12.8. The van der Waals surface area contributed by atoms with E-state index >= 15 is 0 Å². The van der Waals surface area contributed by atoms with Gasteiger partial charge in [-0.2, -0.15) is 18.2 Å². The summed E-state index contributed by atoms with van der Waals surface area (Å²) in [5, 5.41) is 2.79. The summed E-state index contributed by atoms with van der Waals surface area (Å²) in [6.45, 7) is 0. The molecular weight excluding hydrogens is 419 g/mol. The van der Waals surface area contributed by atoms with E-state index in [9.17, 15) is 13.2 Å². The number of halogens is 5. The highest BCUT2D eigenvalue weighted by molar-refractivity contribution is 9.11. The lowest BCUT2D eigenvalue weighted by atomic mass is 10.3. The minimum atomic E-state index is -4.60. The number of anilines is 3. The molecule has 0 aliphatic heterocycles. The highest BCUT2D eigenvalue weighted by Gasteiger charge is 2.33. The number of hydrogen-bond donors (Lipinski definition) is 3. The quantitative estimate of drug-likeness (QED) is 0.510. The Hall–Kier alpha value is -1.39. The van der Waals surface area contributed by atoms with Gasteiger partial charge in [0.05, 0.1) is 5.69 Å². The summed E-state index contributed by atoms with van der Waals surface area (Å²) in [5.41, 5.74) is 1.44. The minimum Gasteiger partial charge on any atom is -0.338 e. The number of para-hydroxylation sites is 1. The van der Waals surface area contributed by atoms with Crippen molar-refractivity contribution in [2.75, 3.05) is 10.7 Å². The molecular formula is C11H8Br2F3N5. The van der Waals surface area contributed by atoms with E-state index in [1.54, 1.807) is 18.2 Å². The van der Waals surface area contributed by atoms with Crippen LogP contribution >= 0.6 is 31.9 Å². The standard InChI is InChI=1S/C11H8Br2F3N5/c12-5-2-1-3-6(13)9(5)19-8-4-7(11(14,15)16)18-10(20-8)21-17/h1-4H,17H2,(H2,18,19,20,21). The second-order valence-corrected chi connectivity index (χ2v) is 5.53. The topological polar surface area (TPSA) is 75.9 Å². The Bertz CT molecular complexity index is 643. The van der Waals surface area contributed by atoms with Crippen LogP contribution in [0.3, 0.4) is 0 Å². The number of benzene rings is 1. The molecule has 0 saturated heterocycles. The van der Waals surface area contributed by atoms with Gasteiger partial charge >= 0.3 is 6.18 Å². The van der Waals surface area contributed by atoms with Crippen LogP contribution in [0.5, 0.6) is 0 Å². The number of alkyl halides is 3. The number of nitrogen functional groups attached to an aromatic ring is 1. The van der Waals surface area contributed by atoms with Gasteiger partial charge in [-0.25, -0.2) is 10.8 Å². The monoisotopic (exact) mass is 425 g/mol. The van der Waals surface area contributed by atoms with Crippen molar-refractivity contribution in [3.8, 4) is 0 Å². The van der Waals surface area contributed by atoms with E-state index in [1.807, 2.05) is 5.43 Å². The van der Waals surface area contributed by atoms with Crippen molar-refractivity contribution < 1.29 is 13.2 Å². The molecule has 0 radical (unpaired) electrons. The van der Waals surface area contributed by atoms with Crippen LogP contribution in [0.4, 0.5) is 30.6 Å². The lowest BCUT2D eigenvalue weighted by Gasteiger charge is -2.13. The van der Waals surface area contributed by atoms with Crippen molar-refractivity contribution in [2.24, 2.45) is 5.84 Å². The van der Waals surface area contributed by atoms with Crippen molar-refractivity contribution >= 4 is 49.3 Å². The molecule has 0 bridgehead atoms. The van der Waals surface area contributed by atoms with E-state index in [-0.39, 0.29) is 11.8 Å². The molecule has 2 aromatic rings. The fraction of sp³-hybridized carbons (Fsp3) is 0.0909. The van der Waals surface area contributed by atoms with Crippen LogP contribution in [-0.4, -0.2) is 9.97 Å². The first-order valence-corrected chi connectivity index (χ1v) is 7.04. The van der Waals surface area contributed by atoms with Gasteiger partial charge in [-0.15, -0.1) is 0 Å². The third-order valence-electron chi connectivity index (χ3n) is 2.36. The van der Waals surface area contributed by atoms with Gasteiger partial charge in [0.25, 0.3) is 0 Å². The fourth-order valence-electron chi connectivity index (χ4n) is 1.47. The van der Waals surface area contributed by atoms with Gasteiger partial charge in [0, 0.05) is 15.0 Å². The Labute approximate surface area is 134 Å². The molecule has 21 heavy (non-hydrogen) atoms. The number of nitrogens with two attached hydrogens (primary N) is 1. The Balaban J connectivity index is 2.45. The van der Waals surface area contributed by atoms with Crippen LogP contribution in [0.25, 0.3) is 0 Å². The van der Waals surface area contributed by atoms with E-state index < -0.39 is 11.9 Å². The van der Waals surface area contributed by atoms with E-state index in [0.29, 0.717) is 14.6 Å². The van der Waals surface area contributed by atoms with Gasteiger partial charge in [-0.05, 0) is 44.0 Å². The molecule has 1 heterocycles. The average molecular weight is 427 g/mol. The molecule has 0 spiro atoms. The number of hydrogen-bond acceptors (Lipinski definition) is 5. The molecule has 10 heteroatoms. The van der Waals surface area contributed by atoms with Crippen LogP contribution in [0.15, 0.2) is 33.2 Å². The normalized spacial score (nSPS) is 11.3. The first-order chi connectivity index (χ1) is 9.81. The maximum Gasteiger partial charge on any atom is 0.433 e. The lowest BCUT2D eigenvalue weighted by Crippen LogP contribution is -2.16. The Kier molecular flexibility index (Phi) is 4.69. The molecule has 0 saturated carbocycles. The van der Waals surface area contributed by atoms with Crippen LogP contribution < -0.4 is 16.6 Å². The van der Waals surface area contributed by atoms with Crippen LogP contribution in [0, 0.1) is 0 Å². The molecule has 0 unspecified atom stereocenters. The Morgan fingerprint density at radius 1 is 1.10 bits per heavy atom. The molecule has 2 rings (SSSR count). The molecule has 0 atom stereocenters. The molecule has 0 aliphatic carbocycles. The SMILES string of the molecule is NNc1nc(Nc2c(Br)cccc2Br)cc(C(F)(F)F)n1. The molecule has 1 aromatic carbocycles. The number of nitrogens with zero attached hydrogens (tertiary/aromatic N) is 2. The molecule has 5 nitrogen and oxygen atoms in total. The predicted octanol–water partition coefficient (Wildman–Crippen LogP) is 4.05. The maximum absolute atomic E-state index is 12.8. The van der Waals surface area contributed by atoms with Gasteiger partial charge in [0.15, 0.2) is 5.69 Å². The van der Waals surface area contributed by atoms with Gasteiger partial charge < -0.3 is 5.32 Å². The van der Waals surface area contributed by atoms with Crippen molar-refractivity contribution in [1.82, 2.24) is 9.97 Å². The van der Waals surface area contributed by atoms with Crippen LogP contribution in [0.2, 0.25) is 0 Å². The van der Waals surface area contributed by atoms with Crippen LogP contribution in [-0.2, 0) is 6.18 Å². The van der Waals surface area contributed by atoms with E-state index in [0.717, 1.165) is 6.07 Å². The molecule has 0 amide bonds. The van der Waals surface area contributed by atoms with Gasteiger partial charge in [0.1, 0.15) is 5.82 Å². The van der Waals surface area contributed by atoms with E-state index in [1.165, 1.54) is 0 Å². The minimum absolute atomic E-state index is 0.0436. The van der Waals surface area contributed by atoms with E-state index in [2.05, 4.69) is 47.1 Å². The third kappa shape index (κ3) is 3.83. The molecule has 112 valence electrons. The predicted molar refractivity (Wildman–Crippen MR) is 80.0 cm³/mol. The Morgan fingerprint density at radius 2 is 1.71 bits per heavy atom. The summed E-state index contributed by atoms with van der Waals surface area (Å²) in [6.07, 6.45) is -4.60. The lowest BCUT2D eigenvalue weighted by molar-refractivity contribution is -0.141. The second kappa shape index (κ2) is 6.16. The number of hydrazine groups is 1. The summed E-state index contributed by atoms with van der Waals surface area (Å²) in [7, 11) is 0. The van der Waals surface area contributed by atoms with Gasteiger partial charge in [0.2, 0.25) is 5.95 Å². The summed E-state index contributed by atoms with van der Waals surface area (Å²) < 4.78 is 39.6. The number of rotatable bonds is 3. The average Bonchev–Trinajstić information content (AvgIpc) is 2.42. The number of aromatic nitrogens is 2. The summed E-state index contributed by atoms with van der Waals surface area (Å²) in [6, 6.07) is 6.04. The van der Waals surface area contributed by atoms with Crippen molar-refractivity contribution in [3.05, 3.63) is 38.9 Å². The highest BCUT2D eigenvalue weighted by atomic mass is 79.9. The van der Waals surface area contributed by atoms with Crippen LogP contribution in [0.1, 0.15) is 5.69 Å². The first-order valence-electron chi connectivity index (χ1n) is 5.45. The van der Waals surface area contributed by atoms with Gasteiger partial charge in [-0.1, -0.05) is 6.07 Å². The molecule has 0 fully saturated rings. The Morgan fingerprint density at radius 3 is 2.24 bits per heavy atom. The third-order valence-corrected chi connectivity index (χ3v) is 3.68. The summed E-state index contributed by atoms with van der Waals surface area (Å²) >= 11 is 6.60. The smallest absolute Gasteiger partial charge is 0.338 e. The van der Waals surface area contributed by atoms with Crippen molar-refractivity contribution in [1.29, 1.82) is 0 Å². The van der Waals surface area contributed by atoms with Crippen molar-refractivity contribution in [3.63, 3.8) is 0 Å². The first kappa shape index (κ1) is 16.0. The van der Waals surface area contributed by atoms with Crippen molar-refractivity contribution in [2.45, 2.75) is 6.18 Å². The fourth-order valence-corrected chi connectivity index (χ4v) is 2.66. The molecule has 0 aliphatic rings. The molecule has 1 aromatic heterocycles. The highest BCUT2D eigenvalue weighted by Crippen LogP contribution is 2.34. The van der Waals surface area contributed by atoms with Gasteiger partial charge in [-0.3, -0.25) is 5.43 Å². The second-order valence-electron chi connectivity index (χ2n) is 3.83. The zero-order valence-electron chi connectivity index (χ0n) is 10.2. The summed E-state index contributed by atoms with van der Waals surface area (Å²) in [5.74, 6) is 4.71.